The summed E-state index contributed by atoms with van der Waals surface area (Å²) in [7, 11) is -2.28. The van der Waals surface area contributed by atoms with Crippen LogP contribution in [-0.2, 0) is 15.8 Å². The van der Waals surface area contributed by atoms with E-state index in [1.165, 1.54) is 37.0 Å². The molecule has 0 spiro atoms. The molecule has 2 aromatic rings. The van der Waals surface area contributed by atoms with E-state index >= 15 is 0 Å². The molecule has 2 aromatic carbocycles. The van der Waals surface area contributed by atoms with E-state index in [1.807, 2.05) is 0 Å². The van der Waals surface area contributed by atoms with Gasteiger partial charge >= 0.3 is 0 Å². The van der Waals surface area contributed by atoms with Gasteiger partial charge in [-0.25, -0.2) is 17.5 Å². The minimum Gasteiger partial charge on any atom is -0.351 e. The normalized spacial score (nSPS) is 11.3. The molecule has 0 atom stereocenters. The molecule has 0 fully saturated rings. The smallest absolute Gasteiger partial charge is 0.251 e. The summed E-state index contributed by atoms with van der Waals surface area (Å²) < 4.78 is 39.5. The Balaban J connectivity index is 1.90. The number of nitrogens with one attached hydrogen (secondary N) is 2. The maximum absolute atomic E-state index is 13.5. The average molecular weight is 397 g/mol. The molecule has 0 aliphatic heterocycles. The Bertz CT molecular complexity index is 886. The predicted octanol–water partition coefficient (Wildman–Crippen LogP) is 2.71. The van der Waals surface area contributed by atoms with Crippen LogP contribution >= 0.6 is 11.8 Å². The molecular weight excluding hydrogens is 375 g/mol. The molecule has 26 heavy (non-hydrogen) atoms. The summed E-state index contributed by atoms with van der Waals surface area (Å²) >= 11 is 1.51. The molecule has 0 saturated carbocycles. The lowest BCUT2D eigenvalue weighted by Gasteiger charge is -2.10. The molecule has 1 amide bonds. The number of sulfonamides is 1. The lowest BCUT2D eigenvalue weighted by atomic mass is 10.1. The van der Waals surface area contributed by atoms with Crippen molar-refractivity contribution in [2.75, 3.05) is 19.3 Å². The van der Waals surface area contributed by atoms with Crippen LogP contribution in [0.2, 0.25) is 0 Å². The van der Waals surface area contributed by atoms with Gasteiger partial charge in [0, 0.05) is 23.6 Å². The number of hydrogen-bond donors (Lipinski definition) is 2. The van der Waals surface area contributed by atoms with E-state index in [9.17, 15) is 17.6 Å². The van der Waals surface area contributed by atoms with Crippen LogP contribution in [0.5, 0.6) is 0 Å². The first kappa shape index (κ1) is 20.4. The number of amides is 1. The summed E-state index contributed by atoms with van der Waals surface area (Å²) in [6, 6.07) is 11.0. The lowest BCUT2D eigenvalue weighted by Crippen LogP contribution is -2.27. The first-order valence-electron chi connectivity index (χ1n) is 7.98. The van der Waals surface area contributed by atoms with E-state index in [-0.39, 0.29) is 16.6 Å². The minimum atomic E-state index is -3.60. The van der Waals surface area contributed by atoms with Crippen molar-refractivity contribution in [2.24, 2.45) is 0 Å². The maximum Gasteiger partial charge on any atom is 0.251 e. The molecule has 0 heterocycles. The van der Waals surface area contributed by atoms with Crippen LogP contribution < -0.4 is 10.0 Å². The van der Waals surface area contributed by atoms with Gasteiger partial charge in [-0.15, -0.1) is 0 Å². The fourth-order valence-corrected chi connectivity index (χ4v) is 3.86. The van der Waals surface area contributed by atoms with Crippen molar-refractivity contribution in [3.8, 4) is 0 Å². The monoisotopic (exact) mass is 396 g/mol. The number of carbonyl (C=O) groups excluding carboxylic acids is 1. The second-order valence-corrected chi connectivity index (χ2v) is 8.58. The number of halogens is 1. The Morgan fingerprint density at radius 2 is 1.92 bits per heavy atom. The Morgan fingerprint density at radius 1 is 1.19 bits per heavy atom. The summed E-state index contributed by atoms with van der Waals surface area (Å²) in [4.78, 5) is 12.4. The van der Waals surface area contributed by atoms with Crippen molar-refractivity contribution in [3.05, 3.63) is 65.0 Å². The summed E-state index contributed by atoms with van der Waals surface area (Å²) in [5.41, 5.74) is 1.64. The third kappa shape index (κ3) is 5.30. The fraction of sp³-hybridized carbons (Fsp3) is 0.278. The van der Waals surface area contributed by atoms with Crippen LogP contribution in [-0.4, -0.2) is 33.7 Å². The molecule has 0 unspecified atom stereocenters. The summed E-state index contributed by atoms with van der Waals surface area (Å²) in [6.07, 6.45) is 0. The van der Waals surface area contributed by atoms with E-state index in [0.717, 1.165) is 0 Å². The van der Waals surface area contributed by atoms with Crippen LogP contribution in [0, 0.1) is 12.7 Å². The van der Waals surface area contributed by atoms with Crippen molar-refractivity contribution in [1.82, 2.24) is 10.0 Å². The van der Waals surface area contributed by atoms with Crippen LogP contribution in [0.25, 0.3) is 0 Å². The number of benzene rings is 2. The molecule has 2 N–H and O–H groups in total. The maximum atomic E-state index is 13.5. The molecular formula is C18H21FN2O3S2. The topological polar surface area (TPSA) is 75.3 Å². The highest BCUT2D eigenvalue weighted by atomic mass is 32.2. The number of carbonyl (C=O) groups is 1. The molecule has 0 aliphatic carbocycles. The minimum absolute atomic E-state index is 0.0460. The number of aryl methyl sites for hydroxylation is 1. The SMILES string of the molecule is CNS(=O)(=O)c1ccc(C)c(C(=O)NCCSCc2ccccc2F)c1. The van der Waals surface area contributed by atoms with Crippen molar-refractivity contribution >= 4 is 27.7 Å². The zero-order chi connectivity index (χ0) is 19.2. The summed E-state index contributed by atoms with van der Waals surface area (Å²) in [6.45, 7) is 2.15. The zero-order valence-corrected chi connectivity index (χ0v) is 16.2. The molecule has 140 valence electrons. The van der Waals surface area contributed by atoms with Crippen molar-refractivity contribution in [2.45, 2.75) is 17.6 Å². The second-order valence-electron chi connectivity index (χ2n) is 5.58. The second kappa shape index (κ2) is 9.16. The van der Waals surface area contributed by atoms with E-state index in [2.05, 4.69) is 10.0 Å². The van der Waals surface area contributed by atoms with Crippen LogP contribution in [0.15, 0.2) is 47.4 Å². The van der Waals surface area contributed by atoms with Gasteiger partial charge in [0.1, 0.15) is 5.82 Å². The van der Waals surface area contributed by atoms with Crippen LogP contribution in [0.4, 0.5) is 4.39 Å². The van der Waals surface area contributed by atoms with Gasteiger partial charge in [0.15, 0.2) is 0 Å². The first-order valence-corrected chi connectivity index (χ1v) is 10.6. The first-order chi connectivity index (χ1) is 12.3. The Morgan fingerprint density at radius 3 is 2.62 bits per heavy atom. The van der Waals surface area contributed by atoms with Gasteiger partial charge in [-0.1, -0.05) is 24.3 Å². The highest BCUT2D eigenvalue weighted by Crippen LogP contribution is 2.16. The van der Waals surface area contributed by atoms with Gasteiger partial charge in [-0.2, -0.15) is 11.8 Å². The Hall–Kier alpha value is -1.90. The Labute approximate surface area is 157 Å². The van der Waals surface area contributed by atoms with Crippen LogP contribution in [0.3, 0.4) is 0 Å². The standard InChI is InChI=1S/C18H21FN2O3S2/c1-13-7-8-15(26(23,24)20-2)11-16(13)18(22)21-9-10-25-12-14-5-3-4-6-17(14)19/h3-8,11,20H,9-10,12H2,1-2H3,(H,21,22). The van der Waals surface area contributed by atoms with Gasteiger partial charge in [-0.05, 0) is 43.3 Å². The third-order valence-electron chi connectivity index (χ3n) is 3.78. The molecule has 0 radical (unpaired) electrons. The Kier molecular flexibility index (Phi) is 7.19. The van der Waals surface area contributed by atoms with E-state index in [1.54, 1.807) is 31.2 Å². The third-order valence-corrected chi connectivity index (χ3v) is 6.20. The number of hydrogen-bond acceptors (Lipinski definition) is 4. The van der Waals surface area contributed by atoms with E-state index in [4.69, 9.17) is 0 Å². The highest BCUT2D eigenvalue weighted by molar-refractivity contribution is 7.98. The molecule has 2 rings (SSSR count). The predicted molar refractivity (Wildman–Crippen MR) is 102 cm³/mol. The van der Waals surface area contributed by atoms with Gasteiger partial charge in [0.05, 0.1) is 4.90 Å². The largest absolute Gasteiger partial charge is 0.351 e. The zero-order valence-electron chi connectivity index (χ0n) is 14.6. The molecule has 0 bridgehead atoms. The summed E-state index contributed by atoms with van der Waals surface area (Å²) in [5, 5.41) is 2.77. The quantitative estimate of drug-likeness (QED) is 0.673. The molecule has 5 nitrogen and oxygen atoms in total. The highest BCUT2D eigenvalue weighted by Gasteiger charge is 2.16. The summed E-state index contributed by atoms with van der Waals surface area (Å²) in [5.74, 6) is 0.579. The van der Waals surface area contributed by atoms with Gasteiger partial charge < -0.3 is 5.32 Å². The van der Waals surface area contributed by atoms with E-state index < -0.39 is 10.0 Å². The number of rotatable bonds is 8. The van der Waals surface area contributed by atoms with E-state index in [0.29, 0.717) is 34.7 Å². The van der Waals surface area contributed by atoms with Gasteiger partial charge in [0.25, 0.3) is 5.91 Å². The molecule has 8 heteroatoms. The van der Waals surface area contributed by atoms with Crippen molar-refractivity contribution in [1.29, 1.82) is 0 Å². The lowest BCUT2D eigenvalue weighted by molar-refractivity contribution is 0.0955. The molecule has 0 aliphatic rings. The number of thioether (sulfide) groups is 1. The van der Waals surface area contributed by atoms with Crippen molar-refractivity contribution in [3.63, 3.8) is 0 Å². The van der Waals surface area contributed by atoms with Crippen molar-refractivity contribution < 1.29 is 17.6 Å². The molecule has 0 saturated heterocycles. The fourth-order valence-electron chi connectivity index (χ4n) is 2.26. The van der Waals surface area contributed by atoms with Gasteiger partial charge in [0.2, 0.25) is 10.0 Å². The van der Waals surface area contributed by atoms with Gasteiger partial charge in [-0.3, -0.25) is 4.79 Å². The average Bonchev–Trinajstić information content (AvgIpc) is 2.63. The molecule has 0 aromatic heterocycles. The van der Waals surface area contributed by atoms with Crippen LogP contribution in [0.1, 0.15) is 21.5 Å².